The molecule has 5 nitrogen and oxygen atoms in total. The van der Waals surface area contributed by atoms with Gasteiger partial charge >= 0.3 is 0 Å². The summed E-state index contributed by atoms with van der Waals surface area (Å²) in [4.78, 5) is 8.35. The summed E-state index contributed by atoms with van der Waals surface area (Å²) < 4.78 is 23.9. The average molecular weight is 404 g/mol. The SMILES string of the molecule is Cc1ccc([C@@H]2C[C@H]2c2nc3ccc(-c4ccccc4S(N)(=O)=O)cc3[nH]2)cc1. The van der Waals surface area contributed by atoms with Crippen LogP contribution in [0, 0.1) is 6.92 Å². The third-order valence-corrected chi connectivity index (χ3v) is 6.62. The minimum Gasteiger partial charge on any atom is -0.342 e. The molecule has 0 unspecified atom stereocenters. The second-order valence-electron chi connectivity index (χ2n) is 7.75. The number of hydrogen-bond acceptors (Lipinski definition) is 3. The molecule has 0 radical (unpaired) electrons. The minimum absolute atomic E-state index is 0.126. The summed E-state index contributed by atoms with van der Waals surface area (Å²) in [6.45, 7) is 2.10. The highest BCUT2D eigenvalue weighted by atomic mass is 32.2. The normalized spacial score (nSPS) is 18.8. The number of imidazole rings is 1. The molecule has 3 N–H and O–H groups in total. The van der Waals surface area contributed by atoms with E-state index in [0.29, 0.717) is 17.4 Å². The molecule has 5 rings (SSSR count). The summed E-state index contributed by atoms with van der Waals surface area (Å²) in [5.74, 6) is 1.88. The largest absolute Gasteiger partial charge is 0.342 e. The van der Waals surface area contributed by atoms with Gasteiger partial charge in [-0.15, -0.1) is 0 Å². The van der Waals surface area contributed by atoms with Gasteiger partial charge < -0.3 is 4.98 Å². The van der Waals surface area contributed by atoms with E-state index in [2.05, 4.69) is 36.2 Å². The third-order valence-electron chi connectivity index (χ3n) is 5.65. The van der Waals surface area contributed by atoms with E-state index in [1.165, 1.54) is 17.2 Å². The van der Waals surface area contributed by atoms with Crippen molar-refractivity contribution in [2.75, 3.05) is 0 Å². The predicted molar refractivity (Wildman–Crippen MR) is 114 cm³/mol. The fourth-order valence-electron chi connectivity index (χ4n) is 4.00. The standard InChI is InChI=1S/C23H21N3O2S/c1-14-6-8-15(9-7-14)18-13-19(18)23-25-20-11-10-16(12-21(20)26-23)17-4-2-3-5-22(17)29(24,27)28/h2-12,18-19H,13H2,1H3,(H,25,26)(H2,24,27,28)/t18-,19+/m0/s1. The molecule has 0 amide bonds. The summed E-state index contributed by atoms with van der Waals surface area (Å²) in [5, 5.41) is 5.39. The number of benzene rings is 3. The number of sulfonamides is 1. The van der Waals surface area contributed by atoms with Gasteiger partial charge in [0.1, 0.15) is 5.82 Å². The van der Waals surface area contributed by atoms with Crippen molar-refractivity contribution in [3.63, 3.8) is 0 Å². The summed E-state index contributed by atoms with van der Waals surface area (Å²) in [5.41, 5.74) is 5.79. The molecule has 1 aromatic heterocycles. The number of aromatic nitrogens is 2. The highest BCUT2D eigenvalue weighted by Crippen LogP contribution is 2.54. The van der Waals surface area contributed by atoms with E-state index in [-0.39, 0.29) is 4.90 Å². The molecule has 3 aromatic carbocycles. The van der Waals surface area contributed by atoms with Gasteiger partial charge in [-0.3, -0.25) is 0 Å². The van der Waals surface area contributed by atoms with Crippen molar-refractivity contribution in [3.8, 4) is 11.1 Å². The van der Waals surface area contributed by atoms with Crippen LogP contribution in [0.5, 0.6) is 0 Å². The van der Waals surface area contributed by atoms with Crippen molar-refractivity contribution in [2.24, 2.45) is 5.14 Å². The van der Waals surface area contributed by atoms with E-state index in [1.54, 1.807) is 12.1 Å². The summed E-state index contributed by atoms with van der Waals surface area (Å²) in [6, 6.07) is 21.2. The van der Waals surface area contributed by atoms with Crippen molar-refractivity contribution in [1.82, 2.24) is 9.97 Å². The Morgan fingerprint density at radius 3 is 2.52 bits per heavy atom. The van der Waals surface area contributed by atoms with Crippen LogP contribution in [-0.4, -0.2) is 18.4 Å². The van der Waals surface area contributed by atoms with Crippen LogP contribution in [0.15, 0.2) is 71.6 Å². The Morgan fingerprint density at radius 2 is 1.76 bits per heavy atom. The number of nitrogens with zero attached hydrogens (tertiary/aromatic N) is 1. The quantitative estimate of drug-likeness (QED) is 0.527. The molecule has 0 aliphatic heterocycles. The first-order chi connectivity index (χ1) is 13.9. The van der Waals surface area contributed by atoms with Crippen LogP contribution in [0.25, 0.3) is 22.2 Å². The average Bonchev–Trinajstić information content (AvgIpc) is 3.39. The Morgan fingerprint density at radius 1 is 1.00 bits per heavy atom. The molecular weight excluding hydrogens is 382 g/mol. The lowest BCUT2D eigenvalue weighted by Gasteiger charge is -2.07. The molecule has 0 saturated heterocycles. The Balaban J connectivity index is 1.49. The van der Waals surface area contributed by atoms with Gasteiger partial charge in [-0.2, -0.15) is 0 Å². The smallest absolute Gasteiger partial charge is 0.238 e. The van der Waals surface area contributed by atoms with Crippen molar-refractivity contribution in [3.05, 3.63) is 83.7 Å². The van der Waals surface area contributed by atoms with Crippen LogP contribution >= 0.6 is 0 Å². The van der Waals surface area contributed by atoms with Crippen molar-refractivity contribution in [2.45, 2.75) is 30.1 Å². The Hall–Kier alpha value is -2.96. The van der Waals surface area contributed by atoms with Gasteiger partial charge in [0.15, 0.2) is 0 Å². The number of aromatic amines is 1. The zero-order valence-electron chi connectivity index (χ0n) is 16.0. The highest BCUT2D eigenvalue weighted by Gasteiger charge is 2.41. The van der Waals surface area contributed by atoms with Gasteiger partial charge in [0, 0.05) is 11.5 Å². The highest BCUT2D eigenvalue weighted by molar-refractivity contribution is 7.89. The lowest BCUT2D eigenvalue weighted by molar-refractivity contribution is 0.598. The van der Waals surface area contributed by atoms with E-state index in [9.17, 15) is 8.42 Å². The molecule has 2 atom stereocenters. The second-order valence-corrected chi connectivity index (χ2v) is 9.28. The number of primary sulfonamides is 1. The third kappa shape index (κ3) is 3.34. The van der Waals surface area contributed by atoms with E-state index < -0.39 is 10.0 Å². The van der Waals surface area contributed by atoms with Crippen LogP contribution in [0.3, 0.4) is 0 Å². The molecule has 29 heavy (non-hydrogen) atoms. The topological polar surface area (TPSA) is 88.8 Å². The zero-order valence-corrected chi connectivity index (χ0v) is 16.8. The van der Waals surface area contributed by atoms with Crippen molar-refractivity contribution >= 4 is 21.1 Å². The van der Waals surface area contributed by atoms with Crippen LogP contribution in [-0.2, 0) is 10.0 Å². The molecule has 0 bridgehead atoms. The molecule has 0 spiro atoms. The van der Waals surface area contributed by atoms with E-state index >= 15 is 0 Å². The number of rotatable bonds is 4. The number of nitrogens with one attached hydrogen (secondary N) is 1. The van der Waals surface area contributed by atoms with Crippen LogP contribution < -0.4 is 5.14 Å². The number of hydrogen-bond donors (Lipinski definition) is 2. The van der Waals surface area contributed by atoms with Crippen molar-refractivity contribution in [1.29, 1.82) is 0 Å². The Bertz CT molecular complexity index is 1320. The molecule has 4 aromatic rings. The molecule has 1 saturated carbocycles. The molecule has 146 valence electrons. The molecule has 1 fully saturated rings. The Labute approximate surface area is 169 Å². The van der Waals surface area contributed by atoms with Gasteiger partial charge in [-0.25, -0.2) is 18.5 Å². The fraction of sp³-hybridized carbons (Fsp3) is 0.174. The van der Waals surface area contributed by atoms with E-state index in [0.717, 1.165) is 28.8 Å². The van der Waals surface area contributed by atoms with Crippen LogP contribution in [0.2, 0.25) is 0 Å². The summed E-state index contributed by atoms with van der Waals surface area (Å²) in [6.07, 6.45) is 1.09. The van der Waals surface area contributed by atoms with Gasteiger partial charge in [0.25, 0.3) is 0 Å². The first kappa shape index (κ1) is 18.1. The molecular formula is C23H21N3O2S. The number of fused-ring (bicyclic) bond motifs is 1. The van der Waals surface area contributed by atoms with Crippen LogP contribution in [0.1, 0.15) is 35.2 Å². The minimum atomic E-state index is -3.80. The van der Waals surface area contributed by atoms with Gasteiger partial charge in [0.2, 0.25) is 10.0 Å². The molecule has 1 aliphatic rings. The van der Waals surface area contributed by atoms with E-state index in [1.807, 2.05) is 24.3 Å². The number of aryl methyl sites for hydroxylation is 1. The van der Waals surface area contributed by atoms with Gasteiger partial charge in [-0.1, -0.05) is 54.1 Å². The summed E-state index contributed by atoms with van der Waals surface area (Å²) in [7, 11) is -3.80. The monoisotopic (exact) mass is 403 g/mol. The van der Waals surface area contributed by atoms with E-state index in [4.69, 9.17) is 10.1 Å². The lowest BCUT2D eigenvalue weighted by atomic mass is 10.1. The zero-order chi connectivity index (χ0) is 20.2. The second kappa shape index (κ2) is 6.54. The predicted octanol–water partition coefficient (Wildman–Crippen LogP) is 4.46. The molecule has 6 heteroatoms. The maximum absolute atomic E-state index is 11.9. The summed E-state index contributed by atoms with van der Waals surface area (Å²) >= 11 is 0. The first-order valence-corrected chi connectivity index (χ1v) is 11.1. The molecule has 1 aliphatic carbocycles. The van der Waals surface area contributed by atoms with Crippen molar-refractivity contribution < 1.29 is 8.42 Å². The van der Waals surface area contributed by atoms with Gasteiger partial charge in [0.05, 0.1) is 15.9 Å². The maximum atomic E-state index is 11.9. The number of nitrogens with two attached hydrogens (primary N) is 1. The molecule has 1 heterocycles. The maximum Gasteiger partial charge on any atom is 0.238 e. The first-order valence-electron chi connectivity index (χ1n) is 9.58. The number of H-pyrrole nitrogens is 1. The van der Waals surface area contributed by atoms with Gasteiger partial charge in [-0.05, 0) is 48.6 Å². The lowest BCUT2D eigenvalue weighted by Crippen LogP contribution is -2.13. The van der Waals surface area contributed by atoms with Crippen LogP contribution in [0.4, 0.5) is 0 Å². The fourth-order valence-corrected chi connectivity index (χ4v) is 4.77. The Kier molecular flexibility index (Phi) is 4.08.